The topological polar surface area (TPSA) is 68.8 Å². The van der Waals surface area contributed by atoms with Crippen molar-refractivity contribution < 1.29 is 9.59 Å². The first-order valence-corrected chi connectivity index (χ1v) is 12.1. The fourth-order valence-corrected chi connectivity index (χ4v) is 5.02. The van der Waals surface area contributed by atoms with Crippen LogP contribution in [0.3, 0.4) is 0 Å². The van der Waals surface area contributed by atoms with Gasteiger partial charge in [-0.2, -0.15) is 0 Å². The molecule has 8 heteroatoms. The molecule has 2 aliphatic rings. The summed E-state index contributed by atoms with van der Waals surface area (Å²) in [4.78, 5) is 36.6. The summed E-state index contributed by atoms with van der Waals surface area (Å²) in [6.45, 7) is 7.41. The number of hydrogen-bond acceptors (Lipinski definition) is 5. The number of rotatable bonds is 5. The summed E-state index contributed by atoms with van der Waals surface area (Å²) in [5.41, 5.74) is 1.91. The predicted octanol–water partition coefficient (Wildman–Crippen LogP) is 3.29. The number of carbonyl (C=O) groups is 2. The highest BCUT2D eigenvalue weighted by Gasteiger charge is 2.32. The van der Waals surface area contributed by atoms with Crippen molar-refractivity contribution in [2.45, 2.75) is 32.7 Å². The van der Waals surface area contributed by atoms with E-state index in [-0.39, 0.29) is 17.9 Å². The fraction of sp³-hybridized carbons (Fsp3) is 0.522. The molecule has 2 aliphatic heterocycles. The van der Waals surface area contributed by atoms with Crippen LogP contribution in [0.25, 0.3) is 0 Å². The zero-order valence-electron chi connectivity index (χ0n) is 18.1. The number of aryl methyl sites for hydroxylation is 1. The third kappa shape index (κ3) is 5.62. The first-order chi connectivity index (χ1) is 15.1. The van der Waals surface area contributed by atoms with Gasteiger partial charge in [0.2, 0.25) is 5.91 Å². The van der Waals surface area contributed by atoms with E-state index in [1.807, 2.05) is 35.2 Å². The Kier molecular flexibility index (Phi) is 7.19. The smallest absolute Gasteiger partial charge is 0.321 e. The fourth-order valence-electron chi connectivity index (χ4n) is 4.28. The minimum absolute atomic E-state index is 0.104. The normalized spacial score (nSPS) is 20.0. The maximum Gasteiger partial charge on any atom is 0.321 e. The van der Waals surface area contributed by atoms with Crippen molar-refractivity contribution in [3.63, 3.8) is 0 Å². The van der Waals surface area contributed by atoms with E-state index in [1.165, 1.54) is 5.01 Å². The number of thiazole rings is 1. The van der Waals surface area contributed by atoms with Gasteiger partial charge in [-0.3, -0.25) is 9.69 Å². The van der Waals surface area contributed by atoms with Crippen LogP contribution in [0, 0.1) is 5.92 Å². The maximum absolute atomic E-state index is 13.1. The van der Waals surface area contributed by atoms with E-state index >= 15 is 0 Å². The molecular weight excluding hydrogens is 410 g/mol. The van der Waals surface area contributed by atoms with Gasteiger partial charge in [-0.1, -0.05) is 25.1 Å². The van der Waals surface area contributed by atoms with Gasteiger partial charge in [0.05, 0.1) is 16.6 Å². The highest BCUT2D eigenvalue weighted by molar-refractivity contribution is 7.09. The lowest BCUT2D eigenvalue weighted by molar-refractivity contribution is -0.138. The largest absolute Gasteiger partial charge is 0.340 e. The Hall–Kier alpha value is -2.45. The lowest BCUT2D eigenvalue weighted by atomic mass is 9.96. The second-order valence-electron chi connectivity index (χ2n) is 8.27. The molecular formula is C23H31N5O2S. The molecule has 3 heterocycles. The summed E-state index contributed by atoms with van der Waals surface area (Å²) in [6, 6.07) is 9.34. The van der Waals surface area contributed by atoms with E-state index in [2.05, 4.69) is 27.5 Å². The Morgan fingerprint density at radius 1 is 1.10 bits per heavy atom. The third-order valence-electron chi connectivity index (χ3n) is 6.05. The summed E-state index contributed by atoms with van der Waals surface area (Å²) in [7, 11) is 0. The van der Waals surface area contributed by atoms with E-state index in [4.69, 9.17) is 0 Å². The summed E-state index contributed by atoms with van der Waals surface area (Å²) in [5, 5.41) is 6.26. The lowest BCUT2D eigenvalue weighted by Gasteiger charge is -2.38. The Morgan fingerprint density at radius 2 is 1.87 bits per heavy atom. The number of piperidine rings is 1. The highest BCUT2D eigenvalue weighted by atomic mass is 32.1. The van der Waals surface area contributed by atoms with Gasteiger partial charge in [0.25, 0.3) is 0 Å². The molecule has 2 aromatic rings. The van der Waals surface area contributed by atoms with Crippen LogP contribution in [0.4, 0.5) is 10.5 Å². The van der Waals surface area contributed by atoms with Crippen molar-refractivity contribution in [1.82, 2.24) is 19.7 Å². The Balaban J connectivity index is 1.26. The van der Waals surface area contributed by atoms with Gasteiger partial charge in [0.1, 0.15) is 0 Å². The molecule has 31 heavy (non-hydrogen) atoms. The minimum atomic E-state index is -0.122. The molecule has 166 valence electrons. The standard InChI is InChI=1S/C23H31N5O2S/c1-2-21-24-20(17-31-21)16-26-11-13-27(14-12-26)22(29)18-7-6-10-28(15-18)23(30)25-19-8-4-3-5-9-19/h3-5,8-9,17-18H,2,6-7,10-16H2,1H3,(H,25,30). The average molecular weight is 442 g/mol. The number of para-hydroxylation sites is 1. The molecule has 0 bridgehead atoms. The number of urea groups is 1. The molecule has 7 nitrogen and oxygen atoms in total. The molecule has 4 rings (SSSR count). The Labute approximate surface area is 188 Å². The number of aromatic nitrogens is 1. The molecule has 1 atom stereocenters. The minimum Gasteiger partial charge on any atom is -0.340 e. The number of nitrogens with one attached hydrogen (secondary N) is 1. The number of anilines is 1. The first kappa shape index (κ1) is 21.8. The molecule has 1 N–H and O–H groups in total. The van der Waals surface area contributed by atoms with Crippen LogP contribution in [0.1, 0.15) is 30.5 Å². The maximum atomic E-state index is 13.1. The van der Waals surface area contributed by atoms with E-state index in [0.717, 1.165) is 63.4 Å². The van der Waals surface area contributed by atoms with Gasteiger partial charge in [0.15, 0.2) is 0 Å². The second-order valence-corrected chi connectivity index (χ2v) is 9.21. The van der Waals surface area contributed by atoms with E-state index in [1.54, 1.807) is 16.2 Å². The van der Waals surface area contributed by atoms with Crippen LogP contribution in [-0.4, -0.2) is 70.9 Å². The number of nitrogens with zero attached hydrogens (tertiary/aromatic N) is 4. The van der Waals surface area contributed by atoms with Crippen LogP contribution in [-0.2, 0) is 17.8 Å². The van der Waals surface area contributed by atoms with Crippen molar-refractivity contribution in [1.29, 1.82) is 0 Å². The van der Waals surface area contributed by atoms with Gasteiger partial charge in [-0.25, -0.2) is 9.78 Å². The number of carbonyl (C=O) groups excluding carboxylic acids is 2. The van der Waals surface area contributed by atoms with Crippen molar-refractivity contribution in [3.05, 3.63) is 46.4 Å². The van der Waals surface area contributed by atoms with Crippen molar-refractivity contribution in [3.8, 4) is 0 Å². The van der Waals surface area contributed by atoms with Crippen LogP contribution < -0.4 is 5.32 Å². The molecule has 1 aromatic heterocycles. The van der Waals surface area contributed by atoms with Gasteiger partial charge in [0, 0.05) is 56.9 Å². The SMILES string of the molecule is CCc1nc(CN2CCN(C(=O)C3CCCN(C(=O)Nc4ccccc4)C3)CC2)cs1. The van der Waals surface area contributed by atoms with Gasteiger partial charge in [-0.15, -0.1) is 11.3 Å². The van der Waals surface area contributed by atoms with Gasteiger partial charge < -0.3 is 15.1 Å². The van der Waals surface area contributed by atoms with Crippen LogP contribution in [0.15, 0.2) is 35.7 Å². The molecule has 1 unspecified atom stereocenters. The van der Waals surface area contributed by atoms with Crippen LogP contribution >= 0.6 is 11.3 Å². The second kappa shape index (κ2) is 10.2. The summed E-state index contributed by atoms with van der Waals surface area (Å²) >= 11 is 1.73. The number of piperazine rings is 1. The molecule has 0 aliphatic carbocycles. The summed E-state index contributed by atoms with van der Waals surface area (Å²) in [5.74, 6) is 0.0891. The molecule has 1 aromatic carbocycles. The highest BCUT2D eigenvalue weighted by Crippen LogP contribution is 2.21. The van der Waals surface area contributed by atoms with Crippen molar-refractivity contribution in [2.24, 2.45) is 5.92 Å². The average Bonchev–Trinajstić information content (AvgIpc) is 3.27. The Morgan fingerprint density at radius 3 is 2.58 bits per heavy atom. The van der Waals surface area contributed by atoms with Crippen LogP contribution in [0.2, 0.25) is 0 Å². The van der Waals surface area contributed by atoms with Gasteiger partial charge >= 0.3 is 6.03 Å². The van der Waals surface area contributed by atoms with Gasteiger partial charge in [-0.05, 0) is 31.4 Å². The first-order valence-electron chi connectivity index (χ1n) is 11.2. The number of hydrogen-bond donors (Lipinski definition) is 1. The zero-order valence-corrected chi connectivity index (χ0v) is 18.9. The monoisotopic (exact) mass is 441 g/mol. The number of likely N-dealkylation sites (tertiary alicyclic amines) is 1. The molecule has 0 spiro atoms. The molecule has 3 amide bonds. The van der Waals surface area contributed by atoms with E-state index < -0.39 is 0 Å². The molecule has 2 saturated heterocycles. The number of benzene rings is 1. The zero-order chi connectivity index (χ0) is 21.6. The quantitative estimate of drug-likeness (QED) is 0.773. The Bertz CT molecular complexity index is 879. The number of amides is 3. The predicted molar refractivity (Wildman–Crippen MR) is 123 cm³/mol. The molecule has 0 radical (unpaired) electrons. The van der Waals surface area contributed by atoms with Crippen molar-refractivity contribution >= 4 is 29.0 Å². The van der Waals surface area contributed by atoms with Crippen molar-refractivity contribution in [2.75, 3.05) is 44.6 Å². The van der Waals surface area contributed by atoms with Crippen LogP contribution in [0.5, 0.6) is 0 Å². The summed E-state index contributed by atoms with van der Waals surface area (Å²) < 4.78 is 0. The van der Waals surface area contributed by atoms with E-state index in [0.29, 0.717) is 13.1 Å². The molecule has 0 saturated carbocycles. The third-order valence-corrected chi connectivity index (χ3v) is 7.10. The van der Waals surface area contributed by atoms with E-state index in [9.17, 15) is 9.59 Å². The summed E-state index contributed by atoms with van der Waals surface area (Å²) in [6.07, 6.45) is 2.70. The lowest BCUT2D eigenvalue weighted by Crippen LogP contribution is -2.53. The molecule has 2 fully saturated rings.